The molecule has 2 aromatic rings. The first kappa shape index (κ1) is 24.6. The molecule has 1 aromatic heterocycles. The van der Waals surface area contributed by atoms with Gasteiger partial charge in [-0.25, -0.2) is 13.2 Å². The van der Waals surface area contributed by atoms with E-state index in [0.717, 1.165) is 58.5 Å². The van der Waals surface area contributed by atoms with Crippen LogP contribution in [0.15, 0.2) is 36.5 Å². The molecular formula is C24H33N7O4S. The van der Waals surface area contributed by atoms with E-state index in [0.29, 0.717) is 13.1 Å². The first-order chi connectivity index (χ1) is 17.1. The molecule has 3 saturated heterocycles. The van der Waals surface area contributed by atoms with Crippen molar-refractivity contribution in [1.82, 2.24) is 24.5 Å². The van der Waals surface area contributed by atoms with Gasteiger partial charge in [0.05, 0.1) is 6.26 Å². The first-order valence-corrected chi connectivity index (χ1v) is 14.1. The number of rotatable bonds is 5. The van der Waals surface area contributed by atoms with Gasteiger partial charge in [-0.1, -0.05) is 18.2 Å². The van der Waals surface area contributed by atoms with E-state index < -0.39 is 10.0 Å². The number of anilines is 2. The number of aromatic nitrogens is 2. The number of nitrogens with zero attached hydrogens (tertiary/aromatic N) is 6. The minimum atomic E-state index is -3.45. The highest BCUT2D eigenvalue weighted by molar-refractivity contribution is 7.92. The molecule has 5 rings (SSSR count). The van der Waals surface area contributed by atoms with Crippen LogP contribution in [0.25, 0.3) is 0 Å². The van der Waals surface area contributed by atoms with Gasteiger partial charge in [-0.3, -0.25) is 14.4 Å². The number of para-hydroxylation sites is 1. The van der Waals surface area contributed by atoms with Crippen LogP contribution in [0.4, 0.5) is 16.3 Å². The summed E-state index contributed by atoms with van der Waals surface area (Å²) in [6.45, 7) is 8.79. The first-order valence-electron chi connectivity index (χ1n) is 12.2. The van der Waals surface area contributed by atoms with E-state index in [1.165, 1.54) is 28.2 Å². The van der Waals surface area contributed by atoms with Crippen molar-refractivity contribution in [1.29, 1.82) is 0 Å². The van der Waals surface area contributed by atoms with Gasteiger partial charge in [0.15, 0.2) is 5.82 Å². The molecule has 2 amide bonds. The smallest absolute Gasteiger partial charge is 0.344 e. The van der Waals surface area contributed by atoms with E-state index >= 15 is 0 Å². The predicted molar refractivity (Wildman–Crippen MR) is 136 cm³/mol. The Morgan fingerprint density at radius 3 is 2.42 bits per heavy atom. The second-order valence-electron chi connectivity index (χ2n) is 10.2. The third-order valence-corrected chi connectivity index (χ3v) is 7.96. The average Bonchev–Trinajstić information content (AvgIpc) is 3.45. The Bertz CT molecular complexity index is 1250. The Balaban J connectivity index is 1.16. The second-order valence-corrected chi connectivity index (χ2v) is 12.0. The van der Waals surface area contributed by atoms with Crippen molar-refractivity contribution < 1.29 is 18.0 Å². The summed E-state index contributed by atoms with van der Waals surface area (Å²) in [5.74, 6) is 0.288. The summed E-state index contributed by atoms with van der Waals surface area (Å²) in [5.41, 5.74) is 2.77. The van der Waals surface area contributed by atoms with E-state index in [1.54, 1.807) is 11.8 Å². The number of likely N-dealkylation sites (tertiary alicyclic amines) is 1. The Kier molecular flexibility index (Phi) is 6.41. The molecule has 1 spiro atoms. The van der Waals surface area contributed by atoms with Gasteiger partial charge in [-0.05, 0) is 18.1 Å². The lowest BCUT2D eigenvalue weighted by atomic mass is 9.79. The summed E-state index contributed by atoms with van der Waals surface area (Å²) in [4.78, 5) is 33.0. The summed E-state index contributed by atoms with van der Waals surface area (Å²) >= 11 is 0. The van der Waals surface area contributed by atoms with Crippen LogP contribution in [0, 0.1) is 5.41 Å². The van der Waals surface area contributed by atoms with Crippen LogP contribution in [-0.2, 0) is 21.4 Å². The monoisotopic (exact) mass is 515 g/mol. The van der Waals surface area contributed by atoms with Gasteiger partial charge >= 0.3 is 6.03 Å². The predicted octanol–water partition coefficient (Wildman–Crippen LogP) is 1.10. The number of piperazine rings is 1. The van der Waals surface area contributed by atoms with Crippen LogP contribution in [0.5, 0.6) is 0 Å². The number of carbonyl (C=O) groups excluding carboxylic acids is 2. The van der Waals surface area contributed by atoms with Crippen LogP contribution in [0.2, 0.25) is 0 Å². The van der Waals surface area contributed by atoms with Crippen LogP contribution < -0.4 is 9.62 Å². The maximum absolute atomic E-state index is 12.8. The van der Waals surface area contributed by atoms with Gasteiger partial charge < -0.3 is 14.7 Å². The standard InChI is InChI=1S/C24H33N7O4S/c1-19(32)30-17-24(18-30)8-10-29(16-24)21-6-4-3-5-20(21)15-27-11-13-28(14-12-27)23(33)31-9-7-22(25-31)26-36(2,34)35/h3-7,9H,8,10-18H2,1-2H3,(H,25,26). The fourth-order valence-electron chi connectivity index (χ4n) is 5.50. The summed E-state index contributed by atoms with van der Waals surface area (Å²) in [6.07, 6.45) is 3.63. The Morgan fingerprint density at radius 2 is 1.72 bits per heavy atom. The van der Waals surface area contributed by atoms with Crippen molar-refractivity contribution in [3.63, 3.8) is 0 Å². The highest BCUT2D eigenvalue weighted by Gasteiger charge is 2.48. The Hall–Kier alpha value is -3.12. The molecular weight excluding hydrogens is 482 g/mol. The molecule has 194 valence electrons. The molecule has 3 aliphatic rings. The Labute approximate surface area is 211 Å². The van der Waals surface area contributed by atoms with E-state index in [9.17, 15) is 18.0 Å². The van der Waals surface area contributed by atoms with E-state index in [4.69, 9.17) is 0 Å². The minimum Gasteiger partial charge on any atom is -0.371 e. The number of benzene rings is 1. The third-order valence-electron chi connectivity index (χ3n) is 7.38. The minimum absolute atomic E-state index is 0.126. The normalized spacial score (nSPS) is 20.0. The van der Waals surface area contributed by atoms with Crippen molar-refractivity contribution >= 4 is 33.5 Å². The quantitative estimate of drug-likeness (QED) is 0.635. The number of hydrogen-bond acceptors (Lipinski definition) is 7. The van der Waals surface area contributed by atoms with Crippen molar-refractivity contribution in [3.8, 4) is 0 Å². The van der Waals surface area contributed by atoms with E-state index in [1.807, 2.05) is 4.90 Å². The van der Waals surface area contributed by atoms with Gasteiger partial charge in [0.1, 0.15) is 0 Å². The molecule has 0 radical (unpaired) electrons. The van der Waals surface area contributed by atoms with Crippen molar-refractivity contribution in [3.05, 3.63) is 42.1 Å². The van der Waals surface area contributed by atoms with Gasteiger partial charge in [-0.2, -0.15) is 4.68 Å². The van der Waals surface area contributed by atoms with Crippen LogP contribution in [0.3, 0.4) is 0 Å². The molecule has 0 aliphatic carbocycles. The molecule has 0 atom stereocenters. The van der Waals surface area contributed by atoms with Crippen LogP contribution in [0.1, 0.15) is 18.9 Å². The number of carbonyl (C=O) groups is 2. The largest absolute Gasteiger partial charge is 0.371 e. The highest BCUT2D eigenvalue weighted by Crippen LogP contribution is 2.42. The fourth-order valence-corrected chi connectivity index (χ4v) is 5.98. The fraction of sp³-hybridized carbons (Fsp3) is 0.542. The molecule has 36 heavy (non-hydrogen) atoms. The summed E-state index contributed by atoms with van der Waals surface area (Å²) in [6, 6.07) is 9.73. The van der Waals surface area contributed by atoms with Gasteiger partial charge in [-0.15, -0.1) is 5.10 Å². The number of sulfonamides is 1. The molecule has 0 saturated carbocycles. The lowest BCUT2D eigenvalue weighted by molar-refractivity contribution is -0.139. The second kappa shape index (κ2) is 9.40. The molecule has 1 N–H and O–H groups in total. The molecule has 3 aliphatic heterocycles. The highest BCUT2D eigenvalue weighted by atomic mass is 32.2. The van der Waals surface area contributed by atoms with Crippen LogP contribution >= 0.6 is 0 Å². The van der Waals surface area contributed by atoms with E-state index in [2.05, 4.69) is 43.9 Å². The molecule has 11 nitrogen and oxygen atoms in total. The maximum atomic E-state index is 12.8. The van der Waals surface area contributed by atoms with Crippen LogP contribution in [-0.4, -0.2) is 103 Å². The van der Waals surface area contributed by atoms with Crippen molar-refractivity contribution in [2.24, 2.45) is 5.41 Å². The molecule has 0 unspecified atom stereocenters. The summed E-state index contributed by atoms with van der Waals surface area (Å²) < 4.78 is 26.2. The summed E-state index contributed by atoms with van der Waals surface area (Å²) in [7, 11) is -3.45. The third kappa shape index (κ3) is 5.19. The SMILES string of the molecule is CC(=O)N1CC2(CCN(c3ccccc3CN3CCN(C(=O)n4ccc(NS(C)(=O)=O)n4)CC3)C2)C1. The molecule has 1 aromatic carbocycles. The van der Waals surface area contributed by atoms with Crippen molar-refractivity contribution in [2.75, 3.05) is 68.2 Å². The lowest BCUT2D eigenvalue weighted by Crippen LogP contribution is -2.59. The Morgan fingerprint density at radius 1 is 1.00 bits per heavy atom. The zero-order valence-electron chi connectivity index (χ0n) is 20.8. The van der Waals surface area contributed by atoms with Gasteiger partial charge in [0, 0.05) is 89.2 Å². The van der Waals surface area contributed by atoms with Crippen molar-refractivity contribution in [2.45, 2.75) is 19.9 Å². The topological polar surface area (TPSA) is 111 Å². The maximum Gasteiger partial charge on any atom is 0.344 e. The zero-order chi connectivity index (χ0) is 25.5. The number of amides is 2. The number of hydrogen-bond donors (Lipinski definition) is 1. The molecule has 4 heterocycles. The lowest BCUT2D eigenvalue weighted by Gasteiger charge is -2.47. The van der Waals surface area contributed by atoms with Gasteiger partial charge in [0.2, 0.25) is 15.9 Å². The van der Waals surface area contributed by atoms with E-state index in [-0.39, 0.29) is 23.2 Å². The molecule has 0 bridgehead atoms. The number of nitrogens with one attached hydrogen (secondary N) is 1. The van der Waals surface area contributed by atoms with Gasteiger partial charge in [0.25, 0.3) is 0 Å². The zero-order valence-corrected chi connectivity index (χ0v) is 21.6. The average molecular weight is 516 g/mol. The molecule has 12 heteroatoms. The summed E-state index contributed by atoms with van der Waals surface area (Å²) in [5, 5.41) is 4.05. The molecule has 3 fully saturated rings.